The highest BCUT2D eigenvalue weighted by atomic mass is 19.4. The molecule has 0 aliphatic carbocycles. The van der Waals surface area contributed by atoms with Gasteiger partial charge in [0.1, 0.15) is 17.3 Å². The number of alkyl halides is 3. The van der Waals surface area contributed by atoms with Crippen LogP contribution in [-0.4, -0.2) is 29.5 Å². The number of halogens is 4. The first-order chi connectivity index (χ1) is 15.0. The fourth-order valence-electron chi connectivity index (χ4n) is 3.09. The van der Waals surface area contributed by atoms with Crippen LogP contribution in [0.25, 0.3) is 10.9 Å². The number of nitrogens with one attached hydrogen (secondary N) is 1. The van der Waals surface area contributed by atoms with Crippen molar-refractivity contribution in [3.63, 3.8) is 0 Å². The summed E-state index contributed by atoms with van der Waals surface area (Å²) in [6.07, 6.45) is -4.89. The number of anilines is 1. The summed E-state index contributed by atoms with van der Waals surface area (Å²) in [5.74, 6) is -1.69. The number of hydrogen-bond acceptors (Lipinski definition) is 4. The third kappa shape index (κ3) is 5.85. The molecule has 1 heterocycles. The van der Waals surface area contributed by atoms with Gasteiger partial charge < -0.3 is 19.4 Å². The van der Waals surface area contributed by atoms with Crippen LogP contribution >= 0.6 is 0 Å². The van der Waals surface area contributed by atoms with Gasteiger partial charge in [-0.2, -0.15) is 0 Å². The van der Waals surface area contributed by atoms with Crippen LogP contribution in [0.15, 0.2) is 53.3 Å². The van der Waals surface area contributed by atoms with Crippen LogP contribution in [0.4, 0.5) is 23.2 Å². The monoisotopic (exact) mass is 452 g/mol. The van der Waals surface area contributed by atoms with Crippen molar-refractivity contribution in [1.29, 1.82) is 0 Å². The number of aromatic nitrogens is 1. The van der Waals surface area contributed by atoms with Gasteiger partial charge in [0.2, 0.25) is 0 Å². The quantitative estimate of drug-likeness (QED) is 0.527. The Morgan fingerprint density at radius 1 is 1.09 bits per heavy atom. The van der Waals surface area contributed by atoms with E-state index < -0.39 is 29.3 Å². The minimum Gasteiger partial charge on any atom is -0.406 e. The first kappa shape index (κ1) is 23.3. The van der Waals surface area contributed by atoms with Crippen molar-refractivity contribution in [2.45, 2.75) is 32.9 Å². The lowest BCUT2D eigenvalue weighted by Crippen LogP contribution is -2.25. The second-order valence-corrected chi connectivity index (χ2v) is 7.15. The summed E-state index contributed by atoms with van der Waals surface area (Å²) in [5, 5.41) is 2.65. The van der Waals surface area contributed by atoms with E-state index in [1.54, 1.807) is 0 Å². The van der Waals surface area contributed by atoms with E-state index in [0.717, 1.165) is 24.3 Å². The number of hydrogen-bond donors (Lipinski definition) is 1. The summed E-state index contributed by atoms with van der Waals surface area (Å²) in [7, 11) is 0. The van der Waals surface area contributed by atoms with E-state index in [1.165, 1.54) is 28.8 Å². The summed E-state index contributed by atoms with van der Waals surface area (Å²) in [6, 6.07) is 9.35. The van der Waals surface area contributed by atoms with E-state index >= 15 is 0 Å². The highest BCUT2D eigenvalue weighted by Crippen LogP contribution is 2.24. The Hall–Kier alpha value is -3.40. The number of nitrogens with zero attached hydrogens (tertiary/aromatic N) is 1. The molecule has 6 nitrogen and oxygen atoms in total. The summed E-state index contributed by atoms with van der Waals surface area (Å²) >= 11 is 0. The molecule has 32 heavy (non-hydrogen) atoms. The predicted octanol–water partition coefficient (Wildman–Crippen LogP) is 4.72. The van der Waals surface area contributed by atoms with Gasteiger partial charge in [-0.3, -0.25) is 9.59 Å². The van der Waals surface area contributed by atoms with E-state index in [4.69, 9.17) is 4.74 Å². The predicted molar refractivity (Wildman–Crippen MR) is 110 cm³/mol. The Bertz CT molecular complexity index is 1170. The molecule has 0 bridgehead atoms. The molecule has 3 aromatic rings. The maximum Gasteiger partial charge on any atom is 0.573 e. The van der Waals surface area contributed by atoms with Gasteiger partial charge in [0.25, 0.3) is 5.91 Å². The van der Waals surface area contributed by atoms with Crippen LogP contribution in [0, 0.1) is 5.82 Å². The third-order valence-corrected chi connectivity index (χ3v) is 4.42. The number of ether oxygens (including phenoxy) is 2. The molecule has 170 valence electrons. The van der Waals surface area contributed by atoms with Gasteiger partial charge in [-0.25, -0.2) is 4.39 Å². The van der Waals surface area contributed by atoms with Crippen LogP contribution in [0.5, 0.6) is 5.75 Å². The first-order valence-electron chi connectivity index (χ1n) is 9.65. The van der Waals surface area contributed by atoms with Crippen molar-refractivity contribution in [2.75, 3.05) is 11.9 Å². The molecule has 3 rings (SSSR count). The number of benzene rings is 2. The summed E-state index contributed by atoms with van der Waals surface area (Å²) in [6.45, 7) is 4.13. The fraction of sp³-hybridized carbons (Fsp3) is 0.273. The molecule has 2 aromatic carbocycles. The largest absolute Gasteiger partial charge is 0.573 e. The standard InChI is InChI=1S/C22H20F4N2O4/c1-13(2)31-10-9-28-18-8-3-14(23)11-17(18)20(29)12-19(28)21(30)27-15-4-6-16(7-5-15)32-22(24,25)26/h3-8,11-13H,9-10H2,1-2H3,(H,27,30). The van der Waals surface area contributed by atoms with Crippen molar-refractivity contribution in [3.05, 3.63) is 70.3 Å². The topological polar surface area (TPSA) is 69.6 Å². The van der Waals surface area contributed by atoms with Gasteiger partial charge in [-0.05, 0) is 56.3 Å². The molecule has 1 aromatic heterocycles. The number of pyridine rings is 1. The Labute approximate surface area is 180 Å². The van der Waals surface area contributed by atoms with Crippen molar-refractivity contribution in [1.82, 2.24) is 4.57 Å². The Kier molecular flexibility index (Phi) is 6.83. The van der Waals surface area contributed by atoms with Crippen LogP contribution < -0.4 is 15.5 Å². The van der Waals surface area contributed by atoms with Gasteiger partial charge in [-0.1, -0.05) is 0 Å². The molecule has 0 fully saturated rings. The first-order valence-corrected chi connectivity index (χ1v) is 9.65. The zero-order valence-corrected chi connectivity index (χ0v) is 17.2. The average Bonchev–Trinajstić information content (AvgIpc) is 2.69. The SMILES string of the molecule is CC(C)OCCn1c(C(=O)Nc2ccc(OC(F)(F)F)cc2)cc(=O)c2cc(F)ccc21. The molecule has 0 spiro atoms. The van der Waals surface area contributed by atoms with Gasteiger partial charge in [-0.15, -0.1) is 13.2 Å². The van der Waals surface area contributed by atoms with E-state index in [2.05, 4.69) is 10.1 Å². The molecular formula is C22H20F4N2O4. The molecule has 1 amide bonds. The van der Waals surface area contributed by atoms with E-state index in [-0.39, 0.29) is 36.0 Å². The minimum atomic E-state index is -4.83. The summed E-state index contributed by atoms with van der Waals surface area (Å²) < 4.78 is 61.4. The Balaban J connectivity index is 1.93. The zero-order valence-electron chi connectivity index (χ0n) is 17.2. The van der Waals surface area contributed by atoms with Crippen LogP contribution in [0.3, 0.4) is 0 Å². The van der Waals surface area contributed by atoms with E-state index in [0.29, 0.717) is 5.52 Å². The van der Waals surface area contributed by atoms with Gasteiger partial charge in [0.15, 0.2) is 5.43 Å². The molecule has 0 saturated heterocycles. The fourth-order valence-corrected chi connectivity index (χ4v) is 3.09. The highest BCUT2D eigenvalue weighted by Gasteiger charge is 2.31. The van der Waals surface area contributed by atoms with Gasteiger partial charge >= 0.3 is 6.36 Å². The Morgan fingerprint density at radius 3 is 2.41 bits per heavy atom. The lowest BCUT2D eigenvalue weighted by atomic mass is 10.1. The smallest absolute Gasteiger partial charge is 0.406 e. The van der Waals surface area contributed by atoms with E-state index in [1.807, 2.05) is 13.8 Å². The molecule has 0 aliphatic heterocycles. The number of carbonyl (C=O) groups excluding carboxylic acids is 1. The maximum atomic E-state index is 13.7. The summed E-state index contributed by atoms with van der Waals surface area (Å²) in [5.41, 5.74) is 0.00294. The lowest BCUT2D eigenvalue weighted by molar-refractivity contribution is -0.274. The normalized spacial score (nSPS) is 11.7. The van der Waals surface area contributed by atoms with Gasteiger partial charge in [0, 0.05) is 23.7 Å². The van der Waals surface area contributed by atoms with E-state index in [9.17, 15) is 27.2 Å². The minimum absolute atomic E-state index is 0.00270. The van der Waals surface area contributed by atoms with Crippen LogP contribution in [-0.2, 0) is 11.3 Å². The third-order valence-electron chi connectivity index (χ3n) is 4.42. The maximum absolute atomic E-state index is 13.7. The van der Waals surface area contributed by atoms with Crippen LogP contribution in [0.1, 0.15) is 24.3 Å². The molecule has 0 unspecified atom stereocenters. The van der Waals surface area contributed by atoms with Crippen molar-refractivity contribution < 1.29 is 31.8 Å². The lowest BCUT2D eigenvalue weighted by Gasteiger charge is -2.18. The number of fused-ring (bicyclic) bond motifs is 1. The van der Waals surface area contributed by atoms with Crippen molar-refractivity contribution in [2.24, 2.45) is 0 Å². The molecule has 0 atom stereocenters. The van der Waals surface area contributed by atoms with Gasteiger partial charge in [0.05, 0.1) is 18.2 Å². The molecule has 0 saturated carbocycles. The molecule has 0 radical (unpaired) electrons. The highest BCUT2D eigenvalue weighted by molar-refractivity contribution is 6.04. The van der Waals surface area contributed by atoms with Crippen LogP contribution in [0.2, 0.25) is 0 Å². The Morgan fingerprint density at radius 2 is 1.78 bits per heavy atom. The second-order valence-electron chi connectivity index (χ2n) is 7.15. The number of amides is 1. The zero-order chi connectivity index (χ0) is 23.5. The van der Waals surface area contributed by atoms with Crippen molar-refractivity contribution in [3.8, 4) is 5.75 Å². The second kappa shape index (κ2) is 9.39. The molecule has 0 aliphatic rings. The van der Waals surface area contributed by atoms with Crippen molar-refractivity contribution >= 4 is 22.5 Å². The summed E-state index contributed by atoms with van der Waals surface area (Å²) in [4.78, 5) is 25.4. The molecule has 1 N–H and O–H groups in total. The number of carbonyl (C=O) groups is 1. The average molecular weight is 452 g/mol. The molecular weight excluding hydrogens is 432 g/mol. The molecule has 10 heteroatoms. The number of rotatable bonds is 7.